The summed E-state index contributed by atoms with van der Waals surface area (Å²) in [5, 5.41) is 9.06. The maximum Gasteiger partial charge on any atom is 0.146 e. The van der Waals surface area contributed by atoms with Crippen molar-refractivity contribution in [1.82, 2.24) is 29.6 Å². The number of anilines is 1. The summed E-state index contributed by atoms with van der Waals surface area (Å²) in [5.74, 6) is 0.512. The van der Waals surface area contributed by atoms with Crippen molar-refractivity contribution in [2.75, 3.05) is 5.73 Å². The van der Waals surface area contributed by atoms with E-state index in [2.05, 4.69) is 50.1 Å². The van der Waals surface area contributed by atoms with Gasteiger partial charge in [-0.25, -0.2) is 9.97 Å². The predicted octanol–water partition coefficient (Wildman–Crippen LogP) is 2.87. The summed E-state index contributed by atoms with van der Waals surface area (Å²) in [4.78, 5) is 8.79. The highest BCUT2D eigenvalue weighted by Crippen LogP contribution is 2.45. The topological polar surface area (TPSA) is 86.6 Å². The quantitative estimate of drug-likeness (QED) is 0.752. The van der Waals surface area contributed by atoms with E-state index in [0.717, 1.165) is 39.2 Å². The van der Waals surface area contributed by atoms with Crippen LogP contribution in [0.1, 0.15) is 50.2 Å². The van der Waals surface area contributed by atoms with Crippen molar-refractivity contribution in [2.24, 2.45) is 0 Å². The fraction of sp³-hybridized carbons (Fsp3) is 0.389. The molecule has 0 atom stereocenters. The number of hydrogen-bond donors (Lipinski definition) is 2. The van der Waals surface area contributed by atoms with Crippen molar-refractivity contribution in [3.63, 3.8) is 0 Å². The monoisotopic (exact) mass is 335 g/mol. The Balaban J connectivity index is 1.91. The van der Waals surface area contributed by atoms with E-state index in [-0.39, 0.29) is 6.04 Å². The highest BCUT2D eigenvalue weighted by Gasteiger charge is 2.34. The number of rotatable bonds is 2. The van der Waals surface area contributed by atoms with Gasteiger partial charge < -0.3 is 15.6 Å². The molecule has 0 radical (unpaired) electrons. The molecular weight excluding hydrogens is 314 g/mol. The first kappa shape index (κ1) is 14.5. The Morgan fingerprint density at radius 3 is 2.84 bits per heavy atom. The zero-order valence-corrected chi connectivity index (χ0v) is 14.5. The molecule has 1 fully saturated rings. The maximum atomic E-state index is 6.28. The first-order chi connectivity index (χ1) is 12.1. The molecule has 7 nitrogen and oxygen atoms in total. The fourth-order valence-electron chi connectivity index (χ4n) is 3.94. The summed E-state index contributed by atoms with van der Waals surface area (Å²) in [6.07, 6.45) is 5.83. The van der Waals surface area contributed by atoms with Gasteiger partial charge in [-0.1, -0.05) is 6.58 Å². The molecule has 25 heavy (non-hydrogen) atoms. The zero-order valence-electron chi connectivity index (χ0n) is 14.5. The van der Waals surface area contributed by atoms with E-state index < -0.39 is 0 Å². The molecule has 3 N–H and O–H groups in total. The number of hydrogen-bond acceptors (Lipinski definition) is 5. The van der Waals surface area contributed by atoms with E-state index in [1.165, 1.54) is 19.2 Å². The van der Waals surface area contributed by atoms with Gasteiger partial charge in [-0.3, -0.25) is 4.68 Å². The maximum absolute atomic E-state index is 6.28. The first-order valence-corrected chi connectivity index (χ1v) is 8.72. The Morgan fingerprint density at radius 1 is 1.32 bits per heavy atom. The Kier molecular flexibility index (Phi) is 2.81. The molecule has 2 aliphatic rings. The summed E-state index contributed by atoms with van der Waals surface area (Å²) in [7, 11) is 0. The highest BCUT2D eigenvalue weighted by atomic mass is 15.3. The third-order valence-electron chi connectivity index (χ3n) is 5.14. The van der Waals surface area contributed by atoms with Crippen LogP contribution in [0.25, 0.3) is 27.9 Å². The molecule has 1 aliphatic carbocycles. The average molecular weight is 335 g/mol. The van der Waals surface area contributed by atoms with Gasteiger partial charge in [0.25, 0.3) is 0 Å². The van der Waals surface area contributed by atoms with Gasteiger partial charge in [-0.15, -0.1) is 0 Å². The second-order valence-corrected chi connectivity index (χ2v) is 7.16. The van der Waals surface area contributed by atoms with Crippen LogP contribution in [0.2, 0.25) is 0 Å². The lowest BCUT2D eigenvalue weighted by atomic mass is 10.0. The van der Waals surface area contributed by atoms with Crippen molar-refractivity contribution in [1.29, 1.82) is 0 Å². The van der Waals surface area contributed by atoms with Crippen LogP contribution in [0.5, 0.6) is 0 Å². The summed E-state index contributed by atoms with van der Waals surface area (Å²) in [5.41, 5.74) is 12.5. The standard InChI is InChI=1S/C18H21N7/c1-9(2)24-13-7-20-10(3)16-12(6-23-25(16)11-4-5-11)14(13)15-17(19)21-8-22-18(15)24/h6,8-9,11,20H,3-5,7H2,1-2H3,(H2,19,21,22). The van der Waals surface area contributed by atoms with E-state index in [1.807, 2.05) is 6.20 Å². The number of aromatic nitrogens is 5. The van der Waals surface area contributed by atoms with Gasteiger partial charge in [0.1, 0.15) is 17.8 Å². The number of nitrogens with two attached hydrogens (primary N) is 1. The molecule has 128 valence electrons. The lowest BCUT2D eigenvalue weighted by Crippen LogP contribution is -2.16. The summed E-state index contributed by atoms with van der Waals surface area (Å²) in [6.45, 7) is 9.25. The molecule has 0 saturated heterocycles. The third kappa shape index (κ3) is 1.89. The van der Waals surface area contributed by atoms with Crippen LogP contribution in [0.4, 0.5) is 5.82 Å². The van der Waals surface area contributed by atoms with Gasteiger partial charge in [0.05, 0.1) is 35.6 Å². The molecular formula is C18H21N7. The van der Waals surface area contributed by atoms with Crippen LogP contribution in [0.3, 0.4) is 0 Å². The number of nitrogens with one attached hydrogen (secondary N) is 1. The Morgan fingerprint density at radius 2 is 2.12 bits per heavy atom. The molecule has 3 aromatic rings. The van der Waals surface area contributed by atoms with Gasteiger partial charge in [0, 0.05) is 22.9 Å². The van der Waals surface area contributed by atoms with Gasteiger partial charge in [-0.05, 0) is 26.7 Å². The SMILES string of the molecule is C=C1NCc2c(c3c(N)ncnc3n2C(C)C)-c2cnn(C3CC3)c21. The minimum absolute atomic E-state index is 0.260. The number of fused-ring (bicyclic) bond motifs is 5. The Bertz CT molecular complexity index is 1020. The molecule has 0 bridgehead atoms. The molecule has 1 aliphatic heterocycles. The highest BCUT2D eigenvalue weighted by molar-refractivity contribution is 6.04. The Hall–Kier alpha value is -2.83. The molecule has 0 aromatic carbocycles. The fourth-order valence-corrected chi connectivity index (χ4v) is 3.94. The molecule has 0 amide bonds. The minimum Gasteiger partial charge on any atom is -0.383 e. The molecule has 1 saturated carbocycles. The van der Waals surface area contributed by atoms with E-state index in [0.29, 0.717) is 18.4 Å². The largest absolute Gasteiger partial charge is 0.383 e. The van der Waals surface area contributed by atoms with Crippen molar-refractivity contribution < 1.29 is 0 Å². The van der Waals surface area contributed by atoms with Crippen molar-refractivity contribution in [3.05, 3.63) is 30.5 Å². The van der Waals surface area contributed by atoms with Gasteiger partial charge in [0.15, 0.2) is 0 Å². The van der Waals surface area contributed by atoms with Gasteiger partial charge >= 0.3 is 0 Å². The molecule has 7 heteroatoms. The number of nitrogen functional groups attached to an aromatic ring is 1. The van der Waals surface area contributed by atoms with Crippen molar-refractivity contribution in [2.45, 2.75) is 45.3 Å². The molecule has 4 heterocycles. The molecule has 3 aromatic heterocycles. The van der Waals surface area contributed by atoms with Crippen molar-refractivity contribution in [3.8, 4) is 11.1 Å². The summed E-state index contributed by atoms with van der Waals surface area (Å²) in [6, 6.07) is 0.742. The van der Waals surface area contributed by atoms with Crippen LogP contribution in [-0.2, 0) is 6.54 Å². The normalized spacial score (nSPS) is 16.7. The molecule has 5 rings (SSSR count). The summed E-state index contributed by atoms with van der Waals surface area (Å²) >= 11 is 0. The van der Waals surface area contributed by atoms with E-state index >= 15 is 0 Å². The van der Waals surface area contributed by atoms with Crippen LogP contribution in [0.15, 0.2) is 19.1 Å². The lowest BCUT2D eigenvalue weighted by Gasteiger charge is -2.15. The van der Waals surface area contributed by atoms with Crippen LogP contribution in [-0.4, -0.2) is 24.3 Å². The van der Waals surface area contributed by atoms with Crippen LogP contribution < -0.4 is 11.1 Å². The average Bonchev–Trinajstić information content (AvgIpc) is 3.26. The second-order valence-electron chi connectivity index (χ2n) is 7.16. The van der Waals surface area contributed by atoms with E-state index in [1.54, 1.807) is 0 Å². The smallest absolute Gasteiger partial charge is 0.146 e. The second kappa shape index (κ2) is 4.84. The predicted molar refractivity (Wildman–Crippen MR) is 97.7 cm³/mol. The van der Waals surface area contributed by atoms with Crippen molar-refractivity contribution >= 4 is 22.5 Å². The van der Waals surface area contributed by atoms with E-state index in [9.17, 15) is 0 Å². The zero-order chi connectivity index (χ0) is 17.3. The van der Waals surface area contributed by atoms with Crippen LogP contribution >= 0.6 is 0 Å². The Labute approximate surface area is 145 Å². The first-order valence-electron chi connectivity index (χ1n) is 8.72. The third-order valence-corrected chi connectivity index (χ3v) is 5.14. The number of nitrogens with zero attached hydrogens (tertiary/aromatic N) is 5. The van der Waals surface area contributed by atoms with Gasteiger partial charge in [0.2, 0.25) is 0 Å². The minimum atomic E-state index is 0.260. The molecule has 0 unspecified atom stereocenters. The molecule has 0 spiro atoms. The lowest BCUT2D eigenvalue weighted by molar-refractivity contribution is 0.583. The summed E-state index contributed by atoms with van der Waals surface area (Å²) < 4.78 is 4.35. The van der Waals surface area contributed by atoms with Gasteiger partial charge in [-0.2, -0.15) is 5.10 Å². The van der Waals surface area contributed by atoms with Crippen LogP contribution in [0, 0.1) is 0 Å². The van der Waals surface area contributed by atoms with E-state index in [4.69, 9.17) is 5.73 Å².